The van der Waals surface area contributed by atoms with Gasteiger partial charge in [0.1, 0.15) is 11.6 Å². The smallest absolute Gasteiger partial charge is 0.223 e. The van der Waals surface area contributed by atoms with Crippen LogP contribution in [-0.2, 0) is 6.54 Å². The summed E-state index contributed by atoms with van der Waals surface area (Å²) < 4.78 is 20.1. The van der Waals surface area contributed by atoms with Crippen molar-refractivity contribution in [2.75, 3.05) is 0 Å². The summed E-state index contributed by atoms with van der Waals surface area (Å²) in [5.41, 5.74) is 1.84. The van der Waals surface area contributed by atoms with Crippen LogP contribution in [0.2, 0.25) is 0 Å². The van der Waals surface area contributed by atoms with Crippen molar-refractivity contribution in [1.82, 2.24) is 10.3 Å². The van der Waals surface area contributed by atoms with Crippen LogP contribution in [0.1, 0.15) is 24.0 Å². The highest BCUT2D eigenvalue weighted by atomic mass is 79.9. The van der Waals surface area contributed by atoms with Crippen LogP contribution in [0.15, 0.2) is 34.9 Å². The van der Waals surface area contributed by atoms with Crippen molar-refractivity contribution in [3.05, 3.63) is 51.9 Å². The van der Waals surface area contributed by atoms with Crippen molar-refractivity contribution in [2.45, 2.75) is 32.4 Å². The van der Waals surface area contributed by atoms with E-state index in [1.165, 1.54) is 25.0 Å². The van der Waals surface area contributed by atoms with Gasteiger partial charge in [-0.15, -0.1) is 0 Å². The average molecular weight is 351 g/mol. The van der Waals surface area contributed by atoms with Crippen LogP contribution in [-0.4, -0.2) is 11.0 Å². The van der Waals surface area contributed by atoms with E-state index in [4.69, 9.17) is 4.74 Å². The van der Waals surface area contributed by atoms with Gasteiger partial charge in [-0.2, -0.15) is 0 Å². The molecule has 1 aromatic heterocycles. The van der Waals surface area contributed by atoms with Gasteiger partial charge in [-0.1, -0.05) is 6.07 Å². The van der Waals surface area contributed by atoms with E-state index in [0.717, 1.165) is 15.6 Å². The lowest BCUT2D eigenvalue weighted by Gasteiger charge is -2.12. The Labute approximate surface area is 131 Å². The van der Waals surface area contributed by atoms with Crippen LogP contribution in [0.5, 0.6) is 11.6 Å². The zero-order valence-corrected chi connectivity index (χ0v) is 13.3. The summed E-state index contributed by atoms with van der Waals surface area (Å²) in [6.07, 6.45) is 4.13. The molecule has 1 N–H and O–H groups in total. The summed E-state index contributed by atoms with van der Waals surface area (Å²) in [6.45, 7) is 2.58. The molecule has 1 aliphatic rings. The molecule has 3 rings (SSSR count). The minimum absolute atomic E-state index is 0.314. The molecule has 0 atom stereocenters. The number of aromatic nitrogens is 1. The van der Waals surface area contributed by atoms with E-state index in [0.29, 0.717) is 24.2 Å². The van der Waals surface area contributed by atoms with Crippen molar-refractivity contribution < 1.29 is 9.13 Å². The Balaban J connectivity index is 1.84. The molecule has 0 saturated heterocycles. The lowest BCUT2D eigenvalue weighted by molar-refractivity contribution is 0.445. The summed E-state index contributed by atoms with van der Waals surface area (Å²) in [5, 5.41) is 3.44. The van der Waals surface area contributed by atoms with E-state index in [1.54, 1.807) is 12.3 Å². The van der Waals surface area contributed by atoms with Crippen molar-refractivity contribution in [1.29, 1.82) is 0 Å². The molecule has 0 unspecified atom stereocenters. The summed E-state index contributed by atoms with van der Waals surface area (Å²) >= 11 is 3.42. The first-order chi connectivity index (χ1) is 10.1. The molecule has 21 heavy (non-hydrogen) atoms. The van der Waals surface area contributed by atoms with Crippen molar-refractivity contribution in [3.63, 3.8) is 0 Å². The zero-order valence-electron chi connectivity index (χ0n) is 11.7. The van der Waals surface area contributed by atoms with Gasteiger partial charge in [0.05, 0.1) is 0 Å². The third-order valence-corrected chi connectivity index (χ3v) is 3.84. The van der Waals surface area contributed by atoms with Gasteiger partial charge in [0.2, 0.25) is 5.88 Å². The minimum Gasteiger partial charge on any atom is -0.438 e. The first-order valence-corrected chi connectivity index (χ1v) is 7.73. The standard InChI is InChI=1S/C16H16BrFN2O/c1-10-2-3-13(18)7-15(10)21-16-11(6-12(17)9-20-16)8-19-14-4-5-14/h2-3,6-7,9,14,19H,4-5,8H2,1H3. The Morgan fingerprint density at radius 3 is 2.95 bits per heavy atom. The minimum atomic E-state index is -0.314. The second-order valence-corrected chi connectivity index (χ2v) is 6.20. The van der Waals surface area contributed by atoms with Gasteiger partial charge in [0.15, 0.2) is 0 Å². The monoisotopic (exact) mass is 350 g/mol. The number of hydrogen-bond donors (Lipinski definition) is 1. The lowest BCUT2D eigenvalue weighted by Crippen LogP contribution is -2.16. The molecule has 1 saturated carbocycles. The molecule has 0 bridgehead atoms. The number of aryl methyl sites for hydroxylation is 1. The quantitative estimate of drug-likeness (QED) is 0.870. The maximum atomic E-state index is 13.4. The van der Waals surface area contributed by atoms with Gasteiger partial charge in [-0.3, -0.25) is 0 Å². The van der Waals surface area contributed by atoms with Crippen LogP contribution < -0.4 is 10.1 Å². The van der Waals surface area contributed by atoms with Gasteiger partial charge in [-0.25, -0.2) is 9.37 Å². The lowest BCUT2D eigenvalue weighted by atomic mass is 10.2. The first kappa shape index (κ1) is 14.5. The van der Waals surface area contributed by atoms with E-state index in [9.17, 15) is 4.39 Å². The largest absolute Gasteiger partial charge is 0.438 e. The molecular weight excluding hydrogens is 335 g/mol. The first-order valence-electron chi connectivity index (χ1n) is 6.93. The Morgan fingerprint density at radius 2 is 2.19 bits per heavy atom. The Bertz CT molecular complexity index is 659. The summed E-state index contributed by atoms with van der Waals surface area (Å²) in [6, 6.07) is 7.09. The number of benzene rings is 1. The third kappa shape index (κ3) is 3.80. The van der Waals surface area contributed by atoms with Crippen molar-refractivity contribution in [2.24, 2.45) is 0 Å². The summed E-state index contributed by atoms with van der Waals surface area (Å²) in [5.74, 6) is 0.697. The molecule has 1 fully saturated rings. The molecule has 5 heteroatoms. The van der Waals surface area contributed by atoms with E-state index < -0.39 is 0 Å². The number of halogens is 2. The van der Waals surface area contributed by atoms with Gasteiger partial charge in [0, 0.05) is 34.9 Å². The predicted molar refractivity (Wildman–Crippen MR) is 83.0 cm³/mol. The van der Waals surface area contributed by atoms with Crippen molar-refractivity contribution >= 4 is 15.9 Å². The Kier molecular flexibility index (Phi) is 4.22. The molecule has 1 heterocycles. The van der Waals surface area contributed by atoms with Gasteiger partial charge in [-0.05, 0) is 53.4 Å². The molecule has 110 valence electrons. The molecule has 0 amide bonds. The van der Waals surface area contributed by atoms with Crippen molar-refractivity contribution in [3.8, 4) is 11.6 Å². The fraction of sp³-hybridized carbons (Fsp3) is 0.312. The Morgan fingerprint density at radius 1 is 1.38 bits per heavy atom. The normalized spacial score (nSPS) is 14.2. The fourth-order valence-electron chi connectivity index (χ4n) is 2.02. The second kappa shape index (κ2) is 6.12. The highest BCUT2D eigenvalue weighted by Crippen LogP contribution is 2.29. The van der Waals surface area contributed by atoms with E-state index in [-0.39, 0.29) is 5.82 Å². The molecule has 3 nitrogen and oxygen atoms in total. The third-order valence-electron chi connectivity index (χ3n) is 3.41. The van der Waals surface area contributed by atoms with Gasteiger partial charge >= 0.3 is 0 Å². The molecule has 0 aliphatic heterocycles. The van der Waals surface area contributed by atoms with Crippen LogP contribution in [0.25, 0.3) is 0 Å². The number of nitrogens with zero attached hydrogens (tertiary/aromatic N) is 1. The predicted octanol–water partition coefficient (Wildman–Crippen LogP) is 4.34. The SMILES string of the molecule is Cc1ccc(F)cc1Oc1ncc(Br)cc1CNC1CC1. The number of nitrogens with one attached hydrogen (secondary N) is 1. The number of pyridine rings is 1. The molecule has 0 radical (unpaired) electrons. The van der Waals surface area contributed by atoms with Gasteiger partial charge < -0.3 is 10.1 Å². The highest BCUT2D eigenvalue weighted by molar-refractivity contribution is 9.10. The molecule has 1 aromatic carbocycles. The number of ether oxygens (including phenoxy) is 1. The zero-order chi connectivity index (χ0) is 14.8. The fourth-order valence-corrected chi connectivity index (χ4v) is 2.40. The van der Waals surface area contributed by atoms with Crippen LogP contribution >= 0.6 is 15.9 Å². The summed E-state index contributed by atoms with van der Waals surface area (Å²) in [4.78, 5) is 4.31. The summed E-state index contributed by atoms with van der Waals surface area (Å²) in [7, 11) is 0. The molecule has 1 aliphatic carbocycles. The maximum absolute atomic E-state index is 13.4. The molecular formula is C16H16BrFN2O. The number of hydrogen-bond acceptors (Lipinski definition) is 3. The van der Waals surface area contributed by atoms with Gasteiger partial charge in [0.25, 0.3) is 0 Å². The van der Waals surface area contributed by atoms with E-state index >= 15 is 0 Å². The van der Waals surface area contributed by atoms with E-state index in [1.807, 2.05) is 13.0 Å². The second-order valence-electron chi connectivity index (χ2n) is 5.28. The van der Waals surface area contributed by atoms with E-state index in [2.05, 4.69) is 26.2 Å². The van der Waals surface area contributed by atoms with Crippen LogP contribution in [0.3, 0.4) is 0 Å². The Hall–Kier alpha value is -1.46. The van der Waals surface area contributed by atoms with Crippen LogP contribution in [0.4, 0.5) is 4.39 Å². The molecule has 2 aromatic rings. The number of rotatable bonds is 5. The maximum Gasteiger partial charge on any atom is 0.223 e. The van der Waals surface area contributed by atoms with Crippen LogP contribution in [0, 0.1) is 12.7 Å². The topological polar surface area (TPSA) is 34.1 Å². The molecule has 0 spiro atoms. The highest BCUT2D eigenvalue weighted by Gasteiger charge is 2.21. The average Bonchev–Trinajstić information content (AvgIpc) is 3.27.